The third-order valence-corrected chi connectivity index (χ3v) is 4.30. The quantitative estimate of drug-likeness (QED) is 0.639. The minimum Gasteiger partial charge on any atom is -0.377 e. The normalized spacial score (nSPS) is 12.2. The molecule has 1 unspecified atom stereocenters. The van der Waals surface area contributed by atoms with Crippen molar-refractivity contribution >= 4 is 44.2 Å². The maximum Gasteiger partial charge on any atom is 0.0511 e. The van der Waals surface area contributed by atoms with Gasteiger partial charge in [0.2, 0.25) is 0 Å². The van der Waals surface area contributed by atoms with Crippen LogP contribution in [0.15, 0.2) is 53.0 Å². The Labute approximate surface area is 130 Å². The first-order valence-electron chi connectivity index (χ1n) is 5.97. The lowest BCUT2D eigenvalue weighted by atomic mass is 10.0. The van der Waals surface area contributed by atoms with Gasteiger partial charge in [0.1, 0.15) is 0 Å². The van der Waals surface area contributed by atoms with E-state index in [-0.39, 0.29) is 0 Å². The van der Waals surface area contributed by atoms with E-state index in [1.165, 1.54) is 14.8 Å². The highest BCUT2D eigenvalue weighted by atomic mass is 127. The van der Waals surface area contributed by atoms with Crippen molar-refractivity contribution < 1.29 is 0 Å². The Hall–Kier alpha value is -0.550. The minimum atomic E-state index is 0.346. The van der Waals surface area contributed by atoms with Crippen LogP contribution in [-0.4, -0.2) is 0 Å². The molecule has 1 atom stereocenters. The van der Waals surface area contributed by atoms with Crippen molar-refractivity contribution in [2.45, 2.75) is 19.4 Å². The van der Waals surface area contributed by atoms with Gasteiger partial charge in [0.05, 0.1) is 6.04 Å². The molecule has 0 saturated carbocycles. The predicted molar refractivity (Wildman–Crippen MR) is 90.0 cm³/mol. The molecule has 2 aromatic carbocycles. The first-order chi connectivity index (χ1) is 8.70. The molecule has 0 radical (unpaired) electrons. The number of halogens is 2. The summed E-state index contributed by atoms with van der Waals surface area (Å²) < 4.78 is 2.38. The number of para-hydroxylation sites is 1. The van der Waals surface area contributed by atoms with Crippen molar-refractivity contribution in [1.82, 2.24) is 0 Å². The molecule has 0 heterocycles. The van der Waals surface area contributed by atoms with E-state index in [1.807, 2.05) is 0 Å². The van der Waals surface area contributed by atoms with Crippen LogP contribution in [0.5, 0.6) is 0 Å². The lowest BCUT2D eigenvalue weighted by molar-refractivity contribution is 0.748. The first kappa shape index (κ1) is 13.9. The smallest absolute Gasteiger partial charge is 0.0511 e. The largest absolute Gasteiger partial charge is 0.377 e. The topological polar surface area (TPSA) is 12.0 Å². The molecule has 0 spiro atoms. The molecule has 2 rings (SSSR count). The molecular formula is C15H15BrIN. The number of anilines is 1. The lowest BCUT2D eigenvalue weighted by Crippen LogP contribution is -2.10. The monoisotopic (exact) mass is 415 g/mol. The maximum atomic E-state index is 3.61. The van der Waals surface area contributed by atoms with Gasteiger partial charge in [0, 0.05) is 13.7 Å². The molecule has 94 valence electrons. The van der Waals surface area contributed by atoms with Gasteiger partial charge in [-0.2, -0.15) is 0 Å². The summed E-state index contributed by atoms with van der Waals surface area (Å²) >= 11 is 5.89. The van der Waals surface area contributed by atoms with Gasteiger partial charge < -0.3 is 5.32 Å². The zero-order chi connectivity index (χ0) is 13.0. The van der Waals surface area contributed by atoms with E-state index >= 15 is 0 Å². The standard InChI is InChI=1S/C15H15BrIN/c1-2-14(11-6-5-7-12(16)10-11)18-15-9-4-3-8-13(15)17/h3-10,14,18H,2H2,1H3. The van der Waals surface area contributed by atoms with E-state index in [2.05, 4.69) is 99.3 Å². The fourth-order valence-corrected chi connectivity index (χ4v) is 2.87. The van der Waals surface area contributed by atoms with E-state index in [4.69, 9.17) is 0 Å². The fraction of sp³-hybridized carbons (Fsp3) is 0.200. The zero-order valence-corrected chi connectivity index (χ0v) is 13.9. The number of nitrogens with one attached hydrogen (secondary N) is 1. The summed E-state index contributed by atoms with van der Waals surface area (Å²) in [6.45, 7) is 2.20. The van der Waals surface area contributed by atoms with Crippen LogP contribution in [0.1, 0.15) is 24.9 Å². The molecule has 0 aliphatic carbocycles. The van der Waals surface area contributed by atoms with Crippen LogP contribution in [0, 0.1) is 3.57 Å². The van der Waals surface area contributed by atoms with Crippen LogP contribution in [0.2, 0.25) is 0 Å². The van der Waals surface area contributed by atoms with Gasteiger partial charge >= 0.3 is 0 Å². The molecule has 0 bridgehead atoms. The molecule has 3 heteroatoms. The molecule has 0 amide bonds. The summed E-state index contributed by atoms with van der Waals surface area (Å²) in [5.41, 5.74) is 2.51. The summed E-state index contributed by atoms with van der Waals surface area (Å²) in [6.07, 6.45) is 1.06. The van der Waals surface area contributed by atoms with Gasteiger partial charge in [0.25, 0.3) is 0 Å². The highest BCUT2D eigenvalue weighted by Gasteiger charge is 2.10. The van der Waals surface area contributed by atoms with Crippen molar-refractivity contribution in [3.63, 3.8) is 0 Å². The Morgan fingerprint density at radius 2 is 1.94 bits per heavy atom. The Kier molecular flexibility index (Phi) is 5.06. The van der Waals surface area contributed by atoms with Crippen molar-refractivity contribution in [3.8, 4) is 0 Å². The average Bonchev–Trinajstić information content (AvgIpc) is 2.38. The van der Waals surface area contributed by atoms with Crippen molar-refractivity contribution in [1.29, 1.82) is 0 Å². The van der Waals surface area contributed by atoms with Crippen LogP contribution in [0.4, 0.5) is 5.69 Å². The Morgan fingerprint density at radius 3 is 2.61 bits per heavy atom. The van der Waals surface area contributed by atoms with Gasteiger partial charge in [-0.1, -0.05) is 47.1 Å². The molecule has 18 heavy (non-hydrogen) atoms. The summed E-state index contributed by atoms with van der Waals surface area (Å²) in [5.74, 6) is 0. The van der Waals surface area contributed by atoms with Gasteiger partial charge in [-0.25, -0.2) is 0 Å². The molecule has 0 saturated heterocycles. The molecule has 0 aromatic heterocycles. The second-order valence-corrected chi connectivity index (χ2v) is 6.22. The van der Waals surface area contributed by atoms with Gasteiger partial charge in [-0.05, 0) is 58.8 Å². The molecule has 1 nitrogen and oxygen atoms in total. The maximum absolute atomic E-state index is 3.61. The van der Waals surface area contributed by atoms with Crippen LogP contribution in [-0.2, 0) is 0 Å². The van der Waals surface area contributed by atoms with Crippen LogP contribution in [0.3, 0.4) is 0 Å². The van der Waals surface area contributed by atoms with E-state index in [0.717, 1.165) is 10.9 Å². The van der Waals surface area contributed by atoms with Crippen LogP contribution >= 0.6 is 38.5 Å². The average molecular weight is 416 g/mol. The van der Waals surface area contributed by atoms with E-state index in [0.29, 0.717) is 6.04 Å². The number of hydrogen-bond donors (Lipinski definition) is 1. The van der Waals surface area contributed by atoms with Crippen molar-refractivity contribution in [2.75, 3.05) is 5.32 Å². The Balaban J connectivity index is 2.23. The van der Waals surface area contributed by atoms with Crippen molar-refractivity contribution in [3.05, 3.63) is 62.1 Å². The second-order valence-electron chi connectivity index (χ2n) is 4.14. The molecule has 0 aliphatic rings. The Morgan fingerprint density at radius 1 is 1.17 bits per heavy atom. The second kappa shape index (κ2) is 6.57. The SMILES string of the molecule is CCC(Nc1ccccc1I)c1cccc(Br)c1. The summed E-state index contributed by atoms with van der Waals surface area (Å²) in [7, 11) is 0. The minimum absolute atomic E-state index is 0.346. The fourth-order valence-electron chi connectivity index (χ4n) is 1.91. The lowest BCUT2D eigenvalue weighted by Gasteiger charge is -2.20. The van der Waals surface area contributed by atoms with Crippen LogP contribution in [0.25, 0.3) is 0 Å². The summed E-state index contributed by atoms with van der Waals surface area (Å²) in [4.78, 5) is 0. The zero-order valence-electron chi connectivity index (χ0n) is 10.2. The molecular weight excluding hydrogens is 401 g/mol. The Bertz CT molecular complexity index is 527. The molecule has 1 N–H and O–H groups in total. The number of benzene rings is 2. The third kappa shape index (κ3) is 3.48. The predicted octanol–water partition coefficient (Wildman–Crippen LogP) is 5.62. The number of rotatable bonds is 4. The summed E-state index contributed by atoms with van der Waals surface area (Å²) in [5, 5.41) is 3.61. The highest BCUT2D eigenvalue weighted by molar-refractivity contribution is 14.1. The van der Waals surface area contributed by atoms with E-state index in [9.17, 15) is 0 Å². The molecule has 0 fully saturated rings. The third-order valence-electron chi connectivity index (χ3n) is 2.86. The van der Waals surface area contributed by atoms with E-state index in [1.54, 1.807) is 0 Å². The van der Waals surface area contributed by atoms with Gasteiger partial charge in [-0.15, -0.1) is 0 Å². The molecule has 2 aromatic rings. The van der Waals surface area contributed by atoms with Gasteiger partial charge in [-0.3, -0.25) is 0 Å². The summed E-state index contributed by atoms with van der Waals surface area (Å²) in [6, 6.07) is 17.2. The van der Waals surface area contributed by atoms with Gasteiger partial charge in [0.15, 0.2) is 0 Å². The number of hydrogen-bond acceptors (Lipinski definition) is 1. The highest BCUT2D eigenvalue weighted by Crippen LogP contribution is 2.27. The van der Waals surface area contributed by atoms with Crippen LogP contribution < -0.4 is 5.32 Å². The first-order valence-corrected chi connectivity index (χ1v) is 7.84. The van der Waals surface area contributed by atoms with Crippen molar-refractivity contribution in [2.24, 2.45) is 0 Å². The van der Waals surface area contributed by atoms with E-state index < -0.39 is 0 Å². The molecule has 0 aliphatic heterocycles.